The molecule has 1 aromatic heterocycles. The number of methoxy groups -OCH3 is 2. The lowest BCUT2D eigenvalue weighted by Crippen LogP contribution is -2.29. The quantitative estimate of drug-likeness (QED) is 0.253. The van der Waals surface area contributed by atoms with Gasteiger partial charge in [-0.3, -0.25) is 9.59 Å². The molecule has 1 N–H and O–H groups in total. The van der Waals surface area contributed by atoms with Crippen LogP contribution in [0.2, 0.25) is 0 Å². The summed E-state index contributed by atoms with van der Waals surface area (Å²) in [7, 11) is 3.02. The second-order valence-corrected chi connectivity index (χ2v) is 9.16. The van der Waals surface area contributed by atoms with Gasteiger partial charge in [0.15, 0.2) is 23.9 Å². The molecule has 1 amide bonds. The molecule has 3 aromatic rings. The number of amides is 1. The number of likely N-dealkylation sites (tertiary alicyclic amines) is 1. The zero-order valence-corrected chi connectivity index (χ0v) is 21.3. The molecule has 2 aromatic carbocycles. The number of Topliss-reactive ketones (excluding diaryl/α,β-unsaturated/α-hetero) is 1. The monoisotopic (exact) mass is 502 g/mol. The first-order chi connectivity index (χ1) is 17.8. The molecule has 0 bridgehead atoms. The largest absolute Gasteiger partial charge is 0.872 e. The summed E-state index contributed by atoms with van der Waals surface area (Å²) < 4.78 is 16.5. The number of carbonyl (C=O) groups is 2. The fourth-order valence-electron chi connectivity index (χ4n) is 4.25. The van der Waals surface area contributed by atoms with Crippen molar-refractivity contribution in [2.45, 2.75) is 26.4 Å². The Morgan fingerprint density at radius 1 is 1.03 bits per heavy atom. The molecule has 192 valence electrons. The number of benzene rings is 2. The van der Waals surface area contributed by atoms with Gasteiger partial charge in [-0.25, -0.2) is 4.98 Å². The first-order valence-electron chi connectivity index (χ1n) is 12.0. The van der Waals surface area contributed by atoms with E-state index in [0.717, 1.165) is 5.56 Å². The van der Waals surface area contributed by atoms with Gasteiger partial charge in [-0.05, 0) is 47.4 Å². The third-order valence-electron chi connectivity index (χ3n) is 6.08. The number of rotatable bonds is 9. The Labute approximate surface area is 216 Å². The number of hydrogen-bond acceptors (Lipinski definition) is 6. The average molecular weight is 503 g/mol. The molecule has 0 radical (unpaired) electrons. The number of aromatic nitrogens is 1. The van der Waals surface area contributed by atoms with E-state index in [4.69, 9.17) is 14.2 Å². The second-order valence-electron chi connectivity index (χ2n) is 9.16. The van der Waals surface area contributed by atoms with Gasteiger partial charge < -0.3 is 24.2 Å². The van der Waals surface area contributed by atoms with Crippen molar-refractivity contribution in [3.8, 4) is 17.2 Å². The Morgan fingerprint density at radius 2 is 1.76 bits per heavy atom. The van der Waals surface area contributed by atoms with Crippen LogP contribution >= 0.6 is 0 Å². The van der Waals surface area contributed by atoms with Crippen LogP contribution < -0.4 is 24.3 Å². The zero-order chi connectivity index (χ0) is 26.5. The van der Waals surface area contributed by atoms with Gasteiger partial charge in [0, 0.05) is 17.2 Å². The summed E-state index contributed by atoms with van der Waals surface area (Å²) in [5, 5.41) is 13.7. The molecule has 1 aliphatic heterocycles. The highest BCUT2D eigenvalue weighted by molar-refractivity contribution is 6.46. The lowest BCUT2D eigenvalue weighted by atomic mass is 9.94. The van der Waals surface area contributed by atoms with E-state index >= 15 is 0 Å². The Bertz CT molecular complexity index is 1300. The van der Waals surface area contributed by atoms with Crippen LogP contribution in [0.25, 0.3) is 5.76 Å². The van der Waals surface area contributed by atoms with Gasteiger partial charge in [0.05, 0.1) is 33.4 Å². The van der Waals surface area contributed by atoms with Gasteiger partial charge >= 0.3 is 0 Å². The van der Waals surface area contributed by atoms with Crippen LogP contribution in [0.4, 0.5) is 0 Å². The van der Waals surface area contributed by atoms with Crippen LogP contribution in [0, 0.1) is 5.92 Å². The summed E-state index contributed by atoms with van der Waals surface area (Å²) in [5.74, 6) is -0.143. The Balaban J connectivity index is 1.80. The average Bonchev–Trinajstić information content (AvgIpc) is 3.16. The van der Waals surface area contributed by atoms with Crippen molar-refractivity contribution in [2.75, 3.05) is 20.8 Å². The van der Waals surface area contributed by atoms with Gasteiger partial charge in [-0.2, -0.15) is 0 Å². The Morgan fingerprint density at radius 3 is 2.38 bits per heavy atom. The Hall–Kier alpha value is -4.33. The molecular weight excluding hydrogens is 472 g/mol. The molecule has 8 heteroatoms. The normalized spacial score (nSPS) is 16.8. The fourth-order valence-corrected chi connectivity index (χ4v) is 4.25. The summed E-state index contributed by atoms with van der Waals surface area (Å²) in [4.78, 5) is 30.9. The zero-order valence-electron chi connectivity index (χ0n) is 21.3. The minimum Gasteiger partial charge on any atom is -0.872 e. The highest BCUT2D eigenvalue weighted by Gasteiger charge is 2.44. The van der Waals surface area contributed by atoms with Crippen molar-refractivity contribution in [1.82, 2.24) is 4.90 Å². The van der Waals surface area contributed by atoms with Crippen LogP contribution in [-0.4, -0.2) is 37.4 Å². The van der Waals surface area contributed by atoms with Gasteiger partial charge in [0.25, 0.3) is 5.91 Å². The number of ether oxygens (including phenoxy) is 3. The van der Waals surface area contributed by atoms with Crippen LogP contribution in [0.3, 0.4) is 0 Å². The number of nitrogens with zero attached hydrogens (tertiary/aromatic N) is 1. The molecule has 1 saturated heterocycles. The lowest BCUT2D eigenvalue weighted by Gasteiger charge is -2.28. The molecule has 1 atom stereocenters. The predicted octanol–water partition coefficient (Wildman–Crippen LogP) is 2.98. The third-order valence-corrected chi connectivity index (χ3v) is 6.08. The molecule has 1 aliphatic rings. The van der Waals surface area contributed by atoms with E-state index in [9.17, 15) is 14.7 Å². The summed E-state index contributed by atoms with van der Waals surface area (Å²) in [6, 6.07) is 14.5. The first-order valence-corrected chi connectivity index (χ1v) is 12.0. The molecule has 37 heavy (non-hydrogen) atoms. The molecule has 8 nitrogen and oxygen atoms in total. The third kappa shape index (κ3) is 5.43. The van der Waals surface area contributed by atoms with E-state index in [-0.39, 0.29) is 12.1 Å². The number of nitrogens with one attached hydrogen (secondary N) is 1. The number of carbonyl (C=O) groups excluding carboxylic acids is 2. The number of pyridine rings is 1. The number of hydrogen-bond donors (Lipinski definition) is 0. The van der Waals surface area contributed by atoms with E-state index in [1.165, 1.54) is 19.1 Å². The molecular formula is C29H30N2O6. The number of aromatic amines is 1. The van der Waals surface area contributed by atoms with E-state index < -0.39 is 23.5 Å². The SMILES string of the molecule is COc1ccc(C2/C(=C(\[O-])c3ccc(OCC(C)C)cc3)C(=O)C(=O)N2Cc2ccc[nH+]c2)cc1OC. The van der Waals surface area contributed by atoms with Crippen molar-refractivity contribution in [3.05, 3.63) is 89.3 Å². The molecule has 4 rings (SSSR count). The van der Waals surface area contributed by atoms with E-state index in [0.29, 0.717) is 40.9 Å². The van der Waals surface area contributed by atoms with Crippen LogP contribution in [0.1, 0.15) is 36.6 Å². The minimum absolute atomic E-state index is 0.104. The molecule has 1 fully saturated rings. The smallest absolute Gasteiger partial charge is 0.295 e. The number of ketones is 1. The standard InChI is InChI=1S/C29H30N2O6/c1-18(2)17-37-22-10-7-20(8-11-22)27(32)25-26(21-9-12-23(35-3)24(14-21)36-4)31(29(34)28(25)33)16-19-6-5-13-30-15-19/h5-15,18,26,32H,16-17H2,1-4H3/b27-25+. The number of H-pyrrole nitrogens is 1. The van der Waals surface area contributed by atoms with Crippen molar-refractivity contribution in [3.63, 3.8) is 0 Å². The maximum Gasteiger partial charge on any atom is 0.295 e. The Kier molecular flexibility index (Phi) is 7.77. The summed E-state index contributed by atoms with van der Waals surface area (Å²) in [6.07, 6.45) is 3.50. The van der Waals surface area contributed by atoms with Crippen molar-refractivity contribution >= 4 is 17.4 Å². The highest BCUT2D eigenvalue weighted by atomic mass is 16.5. The predicted molar refractivity (Wildman–Crippen MR) is 135 cm³/mol. The van der Waals surface area contributed by atoms with Crippen molar-refractivity contribution in [2.24, 2.45) is 5.92 Å². The molecule has 0 spiro atoms. The summed E-state index contributed by atoms with van der Waals surface area (Å²) in [6.45, 7) is 4.78. The molecule has 0 saturated carbocycles. The van der Waals surface area contributed by atoms with Crippen molar-refractivity contribution < 1.29 is 33.9 Å². The van der Waals surface area contributed by atoms with E-state index in [2.05, 4.69) is 4.98 Å². The van der Waals surface area contributed by atoms with Gasteiger partial charge in [-0.1, -0.05) is 37.8 Å². The fraction of sp³-hybridized carbons (Fsp3) is 0.276. The molecule has 2 heterocycles. The lowest BCUT2D eigenvalue weighted by molar-refractivity contribution is -0.378. The minimum atomic E-state index is -0.899. The van der Waals surface area contributed by atoms with E-state index in [1.54, 1.807) is 54.9 Å². The summed E-state index contributed by atoms with van der Waals surface area (Å²) in [5.41, 5.74) is 1.55. The first kappa shape index (κ1) is 25.8. The van der Waals surface area contributed by atoms with Gasteiger partial charge in [0.2, 0.25) is 5.78 Å². The molecule has 0 aliphatic carbocycles. The topological polar surface area (TPSA) is 102 Å². The van der Waals surface area contributed by atoms with E-state index in [1.807, 2.05) is 26.0 Å². The van der Waals surface area contributed by atoms with Crippen LogP contribution in [0.5, 0.6) is 17.2 Å². The van der Waals surface area contributed by atoms with Gasteiger partial charge in [-0.15, -0.1) is 0 Å². The van der Waals surface area contributed by atoms with Gasteiger partial charge in [0.1, 0.15) is 5.75 Å². The highest BCUT2D eigenvalue weighted by Crippen LogP contribution is 2.42. The second kappa shape index (κ2) is 11.2. The maximum atomic E-state index is 13.7. The van der Waals surface area contributed by atoms with Crippen LogP contribution in [0.15, 0.2) is 72.6 Å². The van der Waals surface area contributed by atoms with Crippen molar-refractivity contribution in [1.29, 1.82) is 0 Å². The van der Waals surface area contributed by atoms with Crippen LogP contribution in [-0.2, 0) is 16.1 Å². The maximum absolute atomic E-state index is 13.7. The summed E-state index contributed by atoms with van der Waals surface area (Å²) >= 11 is 0. The molecule has 1 unspecified atom stereocenters.